The molecular formula is C17H22FN3. The van der Waals surface area contributed by atoms with Crippen molar-refractivity contribution in [3.8, 4) is 0 Å². The summed E-state index contributed by atoms with van der Waals surface area (Å²) in [5, 5.41) is 3.33. The van der Waals surface area contributed by atoms with E-state index in [0.717, 1.165) is 31.0 Å². The van der Waals surface area contributed by atoms with Crippen molar-refractivity contribution in [2.45, 2.75) is 26.8 Å². The summed E-state index contributed by atoms with van der Waals surface area (Å²) in [6, 6.07) is 12.7. The lowest BCUT2D eigenvalue weighted by Crippen LogP contribution is -2.20. The van der Waals surface area contributed by atoms with Crippen LogP contribution in [0, 0.1) is 5.82 Å². The Labute approximate surface area is 125 Å². The number of pyridine rings is 1. The molecule has 1 N–H and O–H groups in total. The molecule has 0 atom stereocenters. The van der Waals surface area contributed by atoms with E-state index in [1.807, 2.05) is 36.1 Å². The fourth-order valence-corrected chi connectivity index (χ4v) is 2.24. The van der Waals surface area contributed by atoms with Crippen LogP contribution in [0.4, 0.5) is 15.9 Å². The van der Waals surface area contributed by atoms with Gasteiger partial charge in [0.25, 0.3) is 0 Å². The average molecular weight is 287 g/mol. The van der Waals surface area contributed by atoms with Crippen LogP contribution in [-0.4, -0.2) is 18.1 Å². The summed E-state index contributed by atoms with van der Waals surface area (Å²) in [6.07, 6.45) is 1.09. The number of rotatable bonds is 7. The monoisotopic (exact) mass is 287 g/mol. The van der Waals surface area contributed by atoms with E-state index in [0.29, 0.717) is 12.2 Å². The highest BCUT2D eigenvalue weighted by Crippen LogP contribution is 2.25. The van der Waals surface area contributed by atoms with E-state index in [2.05, 4.69) is 17.2 Å². The largest absolute Gasteiger partial charge is 0.324 e. The van der Waals surface area contributed by atoms with Gasteiger partial charge in [-0.25, -0.2) is 9.37 Å². The Morgan fingerprint density at radius 2 is 1.90 bits per heavy atom. The number of nitrogens with zero attached hydrogens (tertiary/aromatic N) is 2. The highest BCUT2D eigenvalue weighted by molar-refractivity contribution is 5.60. The van der Waals surface area contributed by atoms with E-state index in [4.69, 9.17) is 0 Å². The molecule has 1 heterocycles. The van der Waals surface area contributed by atoms with Gasteiger partial charge in [0.2, 0.25) is 0 Å². The first-order chi connectivity index (χ1) is 10.3. The fourth-order valence-electron chi connectivity index (χ4n) is 2.24. The van der Waals surface area contributed by atoms with Crippen LogP contribution in [0.15, 0.2) is 42.5 Å². The zero-order chi connectivity index (χ0) is 15.1. The summed E-state index contributed by atoms with van der Waals surface area (Å²) in [7, 11) is 0. The quantitative estimate of drug-likeness (QED) is 0.783. The van der Waals surface area contributed by atoms with Crippen LogP contribution in [0.5, 0.6) is 0 Å². The molecule has 1 aromatic heterocycles. The third-order valence-electron chi connectivity index (χ3n) is 3.26. The number of hydrogen-bond acceptors (Lipinski definition) is 3. The normalized spacial score (nSPS) is 10.6. The Bertz CT molecular complexity index is 571. The number of halogens is 1. The first kappa shape index (κ1) is 15.4. The molecule has 0 radical (unpaired) electrons. The van der Waals surface area contributed by atoms with E-state index < -0.39 is 0 Å². The van der Waals surface area contributed by atoms with Crippen molar-refractivity contribution >= 4 is 11.5 Å². The first-order valence-electron chi connectivity index (χ1n) is 7.45. The molecule has 21 heavy (non-hydrogen) atoms. The third kappa shape index (κ3) is 4.02. The molecule has 0 bridgehead atoms. The molecule has 0 aliphatic heterocycles. The van der Waals surface area contributed by atoms with Crippen LogP contribution in [0.3, 0.4) is 0 Å². The standard InChI is InChI=1S/C17H22FN3/c1-3-12-19-13-14-8-7-11-17(20-14)21(4-2)16-10-6-5-9-15(16)18/h5-11,19H,3-4,12-13H2,1-2H3. The molecule has 0 amide bonds. The van der Waals surface area contributed by atoms with Crippen LogP contribution in [0.2, 0.25) is 0 Å². The van der Waals surface area contributed by atoms with Gasteiger partial charge >= 0.3 is 0 Å². The Morgan fingerprint density at radius 3 is 2.62 bits per heavy atom. The van der Waals surface area contributed by atoms with Crippen molar-refractivity contribution in [2.24, 2.45) is 0 Å². The van der Waals surface area contributed by atoms with Gasteiger partial charge in [-0.3, -0.25) is 0 Å². The second-order valence-corrected chi connectivity index (χ2v) is 4.86. The lowest BCUT2D eigenvalue weighted by atomic mass is 10.2. The summed E-state index contributed by atoms with van der Waals surface area (Å²) in [4.78, 5) is 6.52. The van der Waals surface area contributed by atoms with Gasteiger partial charge in [0.05, 0.1) is 11.4 Å². The van der Waals surface area contributed by atoms with Crippen molar-refractivity contribution < 1.29 is 4.39 Å². The predicted octanol–water partition coefficient (Wildman–Crippen LogP) is 3.88. The molecule has 0 saturated carbocycles. The number of benzene rings is 1. The van der Waals surface area contributed by atoms with E-state index in [9.17, 15) is 4.39 Å². The molecule has 3 nitrogen and oxygen atoms in total. The van der Waals surface area contributed by atoms with Crippen molar-refractivity contribution in [1.29, 1.82) is 0 Å². The number of anilines is 2. The SMILES string of the molecule is CCCNCc1cccc(N(CC)c2ccccc2F)n1. The van der Waals surface area contributed by atoms with Crippen LogP contribution in [0.25, 0.3) is 0 Å². The maximum absolute atomic E-state index is 14.0. The van der Waals surface area contributed by atoms with Crippen molar-refractivity contribution in [3.05, 3.63) is 54.0 Å². The maximum atomic E-state index is 14.0. The molecule has 2 rings (SSSR count). The van der Waals surface area contributed by atoms with Gasteiger partial charge in [-0.2, -0.15) is 0 Å². The molecular weight excluding hydrogens is 265 g/mol. The molecule has 2 aromatic rings. The van der Waals surface area contributed by atoms with Crippen molar-refractivity contribution in [2.75, 3.05) is 18.0 Å². The number of para-hydroxylation sites is 1. The number of nitrogens with one attached hydrogen (secondary N) is 1. The molecule has 0 unspecified atom stereocenters. The van der Waals surface area contributed by atoms with Gasteiger partial charge in [0.15, 0.2) is 0 Å². The zero-order valence-corrected chi connectivity index (χ0v) is 12.6. The number of hydrogen-bond donors (Lipinski definition) is 1. The summed E-state index contributed by atoms with van der Waals surface area (Å²) in [6.45, 7) is 6.50. The highest BCUT2D eigenvalue weighted by atomic mass is 19.1. The van der Waals surface area contributed by atoms with E-state index in [-0.39, 0.29) is 5.82 Å². The van der Waals surface area contributed by atoms with Gasteiger partial charge in [0.1, 0.15) is 11.6 Å². The summed E-state index contributed by atoms with van der Waals surface area (Å²) in [5.74, 6) is 0.550. The zero-order valence-electron chi connectivity index (χ0n) is 12.6. The summed E-state index contributed by atoms with van der Waals surface area (Å²) in [5.41, 5.74) is 1.53. The van der Waals surface area contributed by atoms with E-state index in [1.54, 1.807) is 12.1 Å². The van der Waals surface area contributed by atoms with Gasteiger partial charge in [0, 0.05) is 13.1 Å². The molecule has 0 aliphatic carbocycles. The molecule has 0 saturated heterocycles. The van der Waals surface area contributed by atoms with Crippen LogP contribution < -0.4 is 10.2 Å². The summed E-state index contributed by atoms with van der Waals surface area (Å²) < 4.78 is 14.0. The van der Waals surface area contributed by atoms with E-state index >= 15 is 0 Å². The molecule has 4 heteroatoms. The van der Waals surface area contributed by atoms with Gasteiger partial charge in [-0.05, 0) is 44.2 Å². The minimum atomic E-state index is -0.226. The highest BCUT2D eigenvalue weighted by Gasteiger charge is 2.12. The van der Waals surface area contributed by atoms with E-state index in [1.165, 1.54) is 6.07 Å². The maximum Gasteiger partial charge on any atom is 0.146 e. The Balaban J connectivity index is 2.22. The van der Waals surface area contributed by atoms with Crippen molar-refractivity contribution in [3.63, 3.8) is 0 Å². The minimum absolute atomic E-state index is 0.226. The van der Waals surface area contributed by atoms with Gasteiger partial charge in [-0.1, -0.05) is 25.1 Å². The minimum Gasteiger partial charge on any atom is -0.324 e. The fraction of sp³-hybridized carbons (Fsp3) is 0.353. The van der Waals surface area contributed by atoms with Crippen LogP contribution >= 0.6 is 0 Å². The molecule has 0 spiro atoms. The van der Waals surface area contributed by atoms with Crippen LogP contribution in [0.1, 0.15) is 26.0 Å². The van der Waals surface area contributed by atoms with Gasteiger partial charge in [-0.15, -0.1) is 0 Å². The second-order valence-electron chi connectivity index (χ2n) is 4.86. The average Bonchev–Trinajstić information content (AvgIpc) is 2.51. The van der Waals surface area contributed by atoms with Gasteiger partial charge < -0.3 is 10.2 Å². The Hall–Kier alpha value is -1.94. The molecule has 0 fully saturated rings. The lowest BCUT2D eigenvalue weighted by molar-refractivity contribution is 0.624. The topological polar surface area (TPSA) is 28.2 Å². The first-order valence-corrected chi connectivity index (χ1v) is 7.45. The third-order valence-corrected chi connectivity index (χ3v) is 3.26. The molecule has 1 aromatic carbocycles. The summed E-state index contributed by atoms with van der Waals surface area (Å²) >= 11 is 0. The predicted molar refractivity (Wildman–Crippen MR) is 85.3 cm³/mol. The second kappa shape index (κ2) is 7.74. The molecule has 0 aliphatic rings. The smallest absolute Gasteiger partial charge is 0.146 e. The van der Waals surface area contributed by atoms with Crippen molar-refractivity contribution in [1.82, 2.24) is 10.3 Å². The lowest BCUT2D eigenvalue weighted by Gasteiger charge is -2.23. The number of aromatic nitrogens is 1. The Morgan fingerprint density at radius 1 is 1.10 bits per heavy atom. The molecule has 112 valence electrons. The van der Waals surface area contributed by atoms with Crippen LogP contribution in [-0.2, 0) is 6.54 Å². The Kier molecular flexibility index (Phi) is 5.69.